The van der Waals surface area contributed by atoms with Crippen molar-refractivity contribution in [3.8, 4) is 22.3 Å². The summed E-state index contributed by atoms with van der Waals surface area (Å²) in [5.41, 5.74) is 10.1. The van der Waals surface area contributed by atoms with Crippen molar-refractivity contribution in [2.75, 3.05) is 0 Å². The maximum Gasteiger partial charge on any atom is 0.246 e. The molecule has 0 fully saturated rings. The third-order valence-corrected chi connectivity index (χ3v) is 7.87. The third-order valence-electron chi connectivity index (χ3n) is 7.87. The van der Waals surface area contributed by atoms with E-state index in [1.165, 1.54) is 10.8 Å². The lowest BCUT2D eigenvalue weighted by Gasteiger charge is -2.10. The zero-order chi connectivity index (χ0) is 26.2. The van der Waals surface area contributed by atoms with Crippen molar-refractivity contribution in [2.24, 2.45) is 0 Å². The number of rotatable bonds is 2. The van der Waals surface area contributed by atoms with Gasteiger partial charge in [-0.25, -0.2) is 9.97 Å². The quantitative estimate of drug-likeness (QED) is 0.231. The molecule has 0 amide bonds. The van der Waals surface area contributed by atoms with Gasteiger partial charge >= 0.3 is 0 Å². The van der Waals surface area contributed by atoms with Gasteiger partial charge in [-0.05, 0) is 75.5 Å². The van der Waals surface area contributed by atoms with E-state index in [9.17, 15) is 0 Å². The molecule has 0 radical (unpaired) electrons. The van der Waals surface area contributed by atoms with Gasteiger partial charge in [0.15, 0.2) is 0 Å². The van der Waals surface area contributed by atoms with Crippen molar-refractivity contribution in [2.45, 2.75) is 0 Å². The van der Waals surface area contributed by atoms with Crippen LogP contribution in [0.3, 0.4) is 0 Å². The molecule has 0 unspecified atom stereocenters. The number of hydrogen-bond acceptors (Lipinski definition) is 4. The van der Waals surface area contributed by atoms with Gasteiger partial charge in [-0.1, -0.05) is 78.9 Å². The summed E-state index contributed by atoms with van der Waals surface area (Å²) >= 11 is 0. The summed E-state index contributed by atoms with van der Waals surface area (Å²) in [5, 5.41) is 5.67. The number of fused-ring (bicyclic) bond motifs is 9. The number of benzene rings is 6. The summed E-state index contributed by atoms with van der Waals surface area (Å²) < 4.78 is 12.4. The fraction of sp³-hybridized carbons (Fsp3) is 0. The fourth-order valence-electron chi connectivity index (χ4n) is 6.01. The molecule has 4 heteroatoms. The Morgan fingerprint density at radius 1 is 0.425 bits per heavy atom. The van der Waals surface area contributed by atoms with Crippen LogP contribution in [0.25, 0.3) is 88.2 Å². The van der Waals surface area contributed by atoms with E-state index >= 15 is 0 Å². The van der Waals surface area contributed by atoms with Crippen molar-refractivity contribution in [3.63, 3.8) is 0 Å². The predicted molar refractivity (Wildman–Crippen MR) is 162 cm³/mol. The minimum absolute atomic E-state index is 0.560. The van der Waals surface area contributed by atoms with Crippen LogP contribution in [0.4, 0.5) is 0 Å². The summed E-state index contributed by atoms with van der Waals surface area (Å²) in [7, 11) is 0. The van der Waals surface area contributed by atoms with Gasteiger partial charge in [0.2, 0.25) is 5.71 Å². The minimum Gasteiger partial charge on any atom is -0.456 e. The highest BCUT2D eigenvalue weighted by molar-refractivity contribution is 6.22. The zero-order valence-corrected chi connectivity index (χ0v) is 21.3. The monoisotopic (exact) mass is 512 g/mol. The molecule has 3 aromatic heterocycles. The second kappa shape index (κ2) is 8.01. The number of hydrogen-bond donors (Lipinski definition) is 0. The first-order valence-corrected chi connectivity index (χ1v) is 13.3. The highest BCUT2D eigenvalue weighted by Gasteiger charge is 2.16. The van der Waals surface area contributed by atoms with Crippen molar-refractivity contribution < 1.29 is 8.83 Å². The van der Waals surface area contributed by atoms with Gasteiger partial charge in [0.05, 0.1) is 11.0 Å². The molecule has 0 aliphatic rings. The molecule has 0 spiro atoms. The Balaban J connectivity index is 1.24. The van der Waals surface area contributed by atoms with Crippen LogP contribution in [0.2, 0.25) is 0 Å². The van der Waals surface area contributed by atoms with Crippen LogP contribution in [0.1, 0.15) is 0 Å². The van der Waals surface area contributed by atoms with E-state index < -0.39 is 0 Å². The molecule has 6 aromatic carbocycles. The molecule has 9 aromatic rings. The van der Waals surface area contributed by atoms with E-state index in [4.69, 9.17) is 18.8 Å². The smallest absolute Gasteiger partial charge is 0.246 e. The standard InChI is InChI=1S/C36H20N2O2/c1-2-11-25-24(10-1)27(20-33-34(25)26-12-3-6-15-31(26)39-33)23-9-7-8-21(18-23)22-16-17-32-28(19-22)35-36(40-32)38-30-14-5-4-13-29(30)37-35/h1-20H. The van der Waals surface area contributed by atoms with Crippen LogP contribution in [0.5, 0.6) is 0 Å². The second-order valence-electron chi connectivity index (χ2n) is 10.2. The van der Waals surface area contributed by atoms with Gasteiger partial charge in [-0.15, -0.1) is 0 Å². The average molecular weight is 513 g/mol. The average Bonchev–Trinajstić information content (AvgIpc) is 3.57. The van der Waals surface area contributed by atoms with Crippen LogP contribution in [-0.4, -0.2) is 9.97 Å². The molecule has 0 saturated carbocycles. The molecule has 0 N–H and O–H groups in total. The highest BCUT2D eigenvalue weighted by Crippen LogP contribution is 2.41. The Morgan fingerprint density at radius 2 is 1.12 bits per heavy atom. The van der Waals surface area contributed by atoms with E-state index in [-0.39, 0.29) is 0 Å². The van der Waals surface area contributed by atoms with Crippen molar-refractivity contribution in [1.82, 2.24) is 9.97 Å². The molecule has 40 heavy (non-hydrogen) atoms. The Labute approximate surface area is 228 Å². The molecule has 0 atom stereocenters. The SMILES string of the molecule is c1cc(-c2ccc3oc4nc5ccccc5nc4c3c2)cc(-c2cc3oc4ccccc4c3c3ccccc23)c1. The Hall–Kier alpha value is -5.48. The molecule has 0 saturated heterocycles. The number of furan rings is 2. The van der Waals surface area contributed by atoms with Crippen LogP contribution < -0.4 is 0 Å². The maximum atomic E-state index is 6.33. The largest absolute Gasteiger partial charge is 0.456 e. The van der Waals surface area contributed by atoms with E-state index in [0.29, 0.717) is 5.71 Å². The van der Waals surface area contributed by atoms with E-state index in [1.807, 2.05) is 42.5 Å². The second-order valence-corrected chi connectivity index (χ2v) is 10.2. The van der Waals surface area contributed by atoms with Crippen molar-refractivity contribution in [3.05, 3.63) is 121 Å². The van der Waals surface area contributed by atoms with E-state index in [1.54, 1.807) is 0 Å². The lowest BCUT2D eigenvalue weighted by Crippen LogP contribution is -1.85. The normalized spacial score (nSPS) is 12.0. The van der Waals surface area contributed by atoms with Gasteiger partial charge in [-0.3, -0.25) is 0 Å². The van der Waals surface area contributed by atoms with Gasteiger partial charge in [-0.2, -0.15) is 0 Å². The highest BCUT2D eigenvalue weighted by atomic mass is 16.3. The minimum atomic E-state index is 0.560. The number of para-hydroxylation sites is 3. The number of aromatic nitrogens is 2. The predicted octanol–water partition coefficient (Wildman–Crippen LogP) is 9.92. The Kier molecular flexibility index (Phi) is 4.30. The molecule has 3 heterocycles. The van der Waals surface area contributed by atoms with Gasteiger partial charge in [0.25, 0.3) is 0 Å². The van der Waals surface area contributed by atoms with Crippen LogP contribution in [0.15, 0.2) is 130 Å². The van der Waals surface area contributed by atoms with Crippen LogP contribution >= 0.6 is 0 Å². The molecule has 0 aliphatic heterocycles. The molecule has 186 valence electrons. The maximum absolute atomic E-state index is 6.33. The summed E-state index contributed by atoms with van der Waals surface area (Å²) in [6.07, 6.45) is 0. The lowest BCUT2D eigenvalue weighted by molar-refractivity contribution is 0.655. The molecular weight excluding hydrogens is 492 g/mol. The van der Waals surface area contributed by atoms with Crippen molar-refractivity contribution in [1.29, 1.82) is 0 Å². The van der Waals surface area contributed by atoms with Crippen LogP contribution in [-0.2, 0) is 0 Å². The molecular formula is C36H20N2O2. The molecule has 0 aliphatic carbocycles. The zero-order valence-electron chi connectivity index (χ0n) is 21.3. The number of nitrogens with zero attached hydrogens (tertiary/aromatic N) is 2. The Morgan fingerprint density at radius 3 is 2.02 bits per heavy atom. The molecule has 9 rings (SSSR count). The van der Waals surface area contributed by atoms with E-state index in [0.717, 1.165) is 71.7 Å². The topological polar surface area (TPSA) is 52.1 Å². The van der Waals surface area contributed by atoms with Gasteiger partial charge in [0.1, 0.15) is 22.3 Å². The summed E-state index contributed by atoms with van der Waals surface area (Å²) in [6.45, 7) is 0. The van der Waals surface area contributed by atoms with E-state index in [2.05, 4.69) is 78.9 Å². The van der Waals surface area contributed by atoms with Gasteiger partial charge < -0.3 is 8.83 Å². The lowest BCUT2D eigenvalue weighted by atomic mass is 9.93. The summed E-state index contributed by atoms with van der Waals surface area (Å²) in [6, 6.07) is 41.9. The summed E-state index contributed by atoms with van der Waals surface area (Å²) in [5.74, 6) is 0. The van der Waals surface area contributed by atoms with Crippen molar-refractivity contribution >= 4 is 65.9 Å². The molecule has 0 bridgehead atoms. The van der Waals surface area contributed by atoms with Crippen LogP contribution in [0, 0.1) is 0 Å². The third kappa shape index (κ3) is 3.07. The summed E-state index contributed by atoms with van der Waals surface area (Å²) in [4.78, 5) is 9.58. The Bertz CT molecular complexity index is 2450. The van der Waals surface area contributed by atoms with Gasteiger partial charge in [0, 0.05) is 16.2 Å². The fourth-order valence-corrected chi connectivity index (χ4v) is 6.01. The first-order chi connectivity index (χ1) is 19.8. The molecule has 4 nitrogen and oxygen atoms in total. The first-order valence-electron chi connectivity index (χ1n) is 13.3. The first kappa shape index (κ1) is 21.5.